The van der Waals surface area contributed by atoms with E-state index < -0.39 is 8.07 Å². The summed E-state index contributed by atoms with van der Waals surface area (Å²) in [5.41, 5.74) is 3.59. The minimum Gasteiger partial charge on any atom is -0.131 e. The third-order valence-corrected chi connectivity index (χ3v) is 7.73. The fourth-order valence-electron chi connectivity index (χ4n) is 2.26. The standard InChI is InChI=1S/C12H24Si/c1-5-9-13(10-6-2,11-7-3)12-8-4/h5-7,9-11H2,1-4H3. The molecule has 0 saturated heterocycles. The van der Waals surface area contributed by atoms with Gasteiger partial charge in [0.2, 0.25) is 0 Å². The second kappa shape index (κ2) is 7.21. The average Bonchev–Trinajstić information content (AvgIpc) is 2.06. The molecule has 0 N–H and O–H groups in total. The monoisotopic (exact) mass is 196 g/mol. The summed E-state index contributed by atoms with van der Waals surface area (Å²) in [4.78, 5) is 0. The van der Waals surface area contributed by atoms with E-state index in [1.807, 2.05) is 6.92 Å². The van der Waals surface area contributed by atoms with E-state index in [0.717, 1.165) is 0 Å². The van der Waals surface area contributed by atoms with Crippen LogP contribution in [0.2, 0.25) is 18.1 Å². The Balaban J connectivity index is 4.44. The Morgan fingerprint density at radius 1 is 0.846 bits per heavy atom. The second-order valence-electron chi connectivity index (χ2n) is 3.91. The van der Waals surface area contributed by atoms with Gasteiger partial charge in [0, 0.05) is 0 Å². The number of rotatable bonds is 6. The van der Waals surface area contributed by atoms with Crippen LogP contribution in [0.1, 0.15) is 47.0 Å². The maximum atomic E-state index is 3.59. The molecule has 0 nitrogen and oxygen atoms in total. The van der Waals surface area contributed by atoms with E-state index in [4.69, 9.17) is 0 Å². The lowest BCUT2D eigenvalue weighted by atomic mass is 10.5. The predicted molar refractivity (Wildman–Crippen MR) is 64.5 cm³/mol. The SMILES string of the molecule is CC#C[Si](CCC)(CCC)CCC. The van der Waals surface area contributed by atoms with Crippen molar-refractivity contribution < 1.29 is 0 Å². The molecule has 0 saturated carbocycles. The van der Waals surface area contributed by atoms with Crippen molar-refractivity contribution in [2.24, 2.45) is 0 Å². The first kappa shape index (κ1) is 12.8. The predicted octanol–water partition coefficient (Wildman–Crippen LogP) is 4.23. The van der Waals surface area contributed by atoms with E-state index in [1.165, 1.54) is 37.4 Å². The van der Waals surface area contributed by atoms with Gasteiger partial charge in [-0.2, -0.15) is 0 Å². The molecule has 0 spiro atoms. The Morgan fingerprint density at radius 3 is 1.46 bits per heavy atom. The van der Waals surface area contributed by atoms with Gasteiger partial charge in [0.15, 0.2) is 0 Å². The van der Waals surface area contributed by atoms with Crippen LogP contribution in [0.15, 0.2) is 0 Å². The molecule has 0 rings (SSSR count). The molecule has 0 aromatic rings. The lowest BCUT2D eigenvalue weighted by Gasteiger charge is -2.24. The van der Waals surface area contributed by atoms with Gasteiger partial charge in [-0.15, -0.1) is 11.5 Å². The normalized spacial score (nSPS) is 10.8. The number of hydrogen-bond acceptors (Lipinski definition) is 0. The van der Waals surface area contributed by atoms with Crippen LogP contribution in [0.5, 0.6) is 0 Å². The summed E-state index contributed by atoms with van der Waals surface area (Å²) in [5.74, 6) is 3.17. The molecular formula is C12H24Si. The van der Waals surface area contributed by atoms with Crippen molar-refractivity contribution in [3.05, 3.63) is 0 Å². The molecule has 0 heterocycles. The van der Waals surface area contributed by atoms with Crippen LogP contribution in [-0.4, -0.2) is 8.07 Å². The first-order valence-electron chi connectivity index (χ1n) is 5.68. The van der Waals surface area contributed by atoms with Gasteiger partial charge in [-0.3, -0.25) is 0 Å². The highest BCUT2D eigenvalue weighted by Crippen LogP contribution is 2.25. The van der Waals surface area contributed by atoms with Crippen LogP contribution in [0, 0.1) is 11.5 Å². The van der Waals surface area contributed by atoms with E-state index >= 15 is 0 Å². The van der Waals surface area contributed by atoms with Gasteiger partial charge in [-0.05, 0) is 25.1 Å². The summed E-state index contributed by atoms with van der Waals surface area (Å²) >= 11 is 0. The van der Waals surface area contributed by atoms with Crippen LogP contribution in [0.3, 0.4) is 0 Å². The molecule has 0 bridgehead atoms. The molecule has 0 aromatic heterocycles. The highest BCUT2D eigenvalue weighted by atomic mass is 28.3. The maximum absolute atomic E-state index is 3.59. The molecule has 0 aliphatic rings. The van der Waals surface area contributed by atoms with E-state index in [-0.39, 0.29) is 0 Å². The third-order valence-electron chi connectivity index (χ3n) is 2.58. The summed E-state index contributed by atoms with van der Waals surface area (Å²) in [6.07, 6.45) is 3.96. The Labute approximate surface area is 85.1 Å². The Kier molecular flexibility index (Phi) is 7.08. The van der Waals surface area contributed by atoms with E-state index in [0.29, 0.717) is 0 Å². The van der Waals surface area contributed by atoms with Crippen molar-refractivity contribution in [2.75, 3.05) is 0 Å². The van der Waals surface area contributed by atoms with Crippen molar-refractivity contribution in [2.45, 2.75) is 65.1 Å². The van der Waals surface area contributed by atoms with Crippen molar-refractivity contribution in [1.29, 1.82) is 0 Å². The van der Waals surface area contributed by atoms with Gasteiger partial charge in [0.1, 0.15) is 8.07 Å². The molecule has 0 aliphatic heterocycles. The molecule has 0 aliphatic carbocycles. The average molecular weight is 196 g/mol. The molecule has 1 heteroatoms. The van der Waals surface area contributed by atoms with E-state index in [9.17, 15) is 0 Å². The zero-order valence-electron chi connectivity index (χ0n) is 9.74. The minimum absolute atomic E-state index is 1.16. The quantitative estimate of drug-likeness (QED) is 0.440. The third kappa shape index (κ3) is 4.52. The van der Waals surface area contributed by atoms with Crippen LogP contribution in [0.4, 0.5) is 0 Å². The van der Waals surface area contributed by atoms with Crippen molar-refractivity contribution in [3.8, 4) is 11.5 Å². The Hall–Kier alpha value is -0.223. The zero-order chi connectivity index (χ0) is 10.2. The molecule has 76 valence electrons. The zero-order valence-corrected chi connectivity index (χ0v) is 10.7. The van der Waals surface area contributed by atoms with Gasteiger partial charge in [-0.25, -0.2) is 0 Å². The molecule has 0 unspecified atom stereocenters. The van der Waals surface area contributed by atoms with Crippen molar-refractivity contribution in [1.82, 2.24) is 0 Å². The first-order chi connectivity index (χ1) is 6.24. The molecule has 0 fully saturated rings. The summed E-state index contributed by atoms with van der Waals surface area (Å²) in [6, 6.07) is 4.24. The fourth-order valence-corrected chi connectivity index (χ4v) is 6.79. The molecule has 0 radical (unpaired) electrons. The van der Waals surface area contributed by atoms with Gasteiger partial charge in [-0.1, -0.05) is 40.0 Å². The van der Waals surface area contributed by atoms with Crippen molar-refractivity contribution >= 4 is 8.07 Å². The maximum Gasteiger partial charge on any atom is 0.138 e. The lowest BCUT2D eigenvalue weighted by Crippen LogP contribution is -2.31. The first-order valence-corrected chi connectivity index (χ1v) is 8.30. The van der Waals surface area contributed by atoms with Crippen LogP contribution in [0.25, 0.3) is 0 Å². The highest BCUT2D eigenvalue weighted by molar-refractivity contribution is 6.87. The fraction of sp³-hybridized carbons (Fsp3) is 0.833. The van der Waals surface area contributed by atoms with Gasteiger partial charge in [0.25, 0.3) is 0 Å². The van der Waals surface area contributed by atoms with E-state index in [2.05, 4.69) is 32.2 Å². The highest BCUT2D eigenvalue weighted by Gasteiger charge is 2.27. The molecule has 0 aromatic carbocycles. The smallest absolute Gasteiger partial charge is 0.131 e. The second-order valence-corrected chi connectivity index (χ2v) is 8.22. The van der Waals surface area contributed by atoms with E-state index in [1.54, 1.807) is 0 Å². The van der Waals surface area contributed by atoms with Gasteiger partial charge >= 0.3 is 0 Å². The van der Waals surface area contributed by atoms with Crippen LogP contribution < -0.4 is 0 Å². The largest absolute Gasteiger partial charge is 0.138 e. The van der Waals surface area contributed by atoms with Gasteiger partial charge < -0.3 is 0 Å². The van der Waals surface area contributed by atoms with Gasteiger partial charge in [0.05, 0.1) is 0 Å². The molecule has 0 amide bonds. The summed E-state index contributed by atoms with van der Waals surface area (Å²) < 4.78 is 0. The Bertz CT molecular complexity index is 156. The lowest BCUT2D eigenvalue weighted by molar-refractivity contribution is 0.940. The molecule has 13 heavy (non-hydrogen) atoms. The molecular weight excluding hydrogens is 172 g/mol. The number of hydrogen-bond donors (Lipinski definition) is 0. The van der Waals surface area contributed by atoms with Crippen LogP contribution >= 0.6 is 0 Å². The minimum atomic E-state index is -1.16. The van der Waals surface area contributed by atoms with Crippen LogP contribution in [-0.2, 0) is 0 Å². The summed E-state index contributed by atoms with van der Waals surface area (Å²) in [6.45, 7) is 8.89. The Morgan fingerprint density at radius 2 is 1.23 bits per heavy atom. The molecule has 0 atom stereocenters. The summed E-state index contributed by atoms with van der Waals surface area (Å²) in [7, 11) is -1.16. The van der Waals surface area contributed by atoms with Crippen molar-refractivity contribution in [3.63, 3.8) is 0 Å². The topological polar surface area (TPSA) is 0 Å². The summed E-state index contributed by atoms with van der Waals surface area (Å²) in [5, 5.41) is 0.